The van der Waals surface area contributed by atoms with E-state index in [1.807, 2.05) is 22.7 Å². The first-order chi connectivity index (χ1) is 31.8. The molecule has 0 atom stereocenters. The summed E-state index contributed by atoms with van der Waals surface area (Å²) in [4.78, 5) is 0. The lowest BCUT2D eigenvalue weighted by molar-refractivity contribution is 0.332. The second-order valence-electron chi connectivity index (χ2n) is 21.4. The number of para-hydroxylation sites is 1. The fourth-order valence-electron chi connectivity index (χ4n) is 11.7. The molecular weight excluding hydrogens is 840 g/mol. The van der Waals surface area contributed by atoms with E-state index < -0.39 is 0 Å². The zero-order valence-electron chi connectivity index (χ0n) is 38.4. The summed E-state index contributed by atoms with van der Waals surface area (Å²) in [6, 6.07) is 50.6. The quantitative estimate of drug-likeness (QED) is 0.179. The fourth-order valence-corrected chi connectivity index (χ4v) is 14.0. The number of hydrogen-bond donors (Lipinski definition) is 1. The number of anilines is 2. The van der Waals surface area contributed by atoms with Gasteiger partial charge in [0.05, 0.1) is 5.52 Å². The molecular formula is C60H48BN2OS2. The first kappa shape index (κ1) is 38.9. The minimum atomic E-state index is 0.0698. The minimum absolute atomic E-state index is 0.0698. The van der Waals surface area contributed by atoms with Gasteiger partial charge in [-0.25, -0.2) is 0 Å². The van der Waals surface area contributed by atoms with Crippen molar-refractivity contribution < 1.29 is 4.42 Å². The number of furan rings is 1. The van der Waals surface area contributed by atoms with Crippen molar-refractivity contribution in [3.8, 4) is 16.8 Å². The Labute approximate surface area is 392 Å². The van der Waals surface area contributed by atoms with Crippen LogP contribution in [0.4, 0.5) is 11.4 Å². The first-order valence-corrected chi connectivity index (χ1v) is 25.1. The van der Waals surface area contributed by atoms with Gasteiger partial charge in [-0.2, -0.15) is 0 Å². The number of aromatic nitrogens is 1. The number of nitrogens with zero attached hydrogens (tertiary/aromatic N) is 1. The average Bonchev–Trinajstić information content (AvgIpc) is 4.05. The van der Waals surface area contributed by atoms with Gasteiger partial charge in [-0.05, 0) is 130 Å². The third-order valence-electron chi connectivity index (χ3n) is 15.4. The third-order valence-corrected chi connectivity index (χ3v) is 17.7. The van der Waals surface area contributed by atoms with Crippen molar-refractivity contribution in [1.29, 1.82) is 0 Å². The van der Waals surface area contributed by atoms with Gasteiger partial charge >= 0.3 is 0 Å². The second kappa shape index (κ2) is 13.2. The van der Waals surface area contributed by atoms with Crippen LogP contribution in [0.5, 0.6) is 0 Å². The van der Waals surface area contributed by atoms with Crippen LogP contribution in [0.25, 0.3) is 101 Å². The summed E-state index contributed by atoms with van der Waals surface area (Å²) in [6.45, 7) is 16.6. The number of nitrogens with one attached hydrogen (secondary N) is 1. The molecule has 0 saturated carbocycles. The molecule has 12 aromatic rings. The summed E-state index contributed by atoms with van der Waals surface area (Å²) >= 11 is 3.82. The fraction of sp³-hybridized carbons (Fsp3) is 0.200. The number of thiophene rings is 2. The molecule has 2 aliphatic rings. The van der Waals surface area contributed by atoms with Crippen molar-refractivity contribution in [2.24, 2.45) is 0 Å². The molecule has 0 bridgehead atoms. The lowest BCUT2D eigenvalue weighted by atomic mass is 9.59. The maximum atomic E-state index is 6.56. The second-order valence-corrected chi connectivity index (χ2v) is 23.6. The van der Waals surface area contributed by atoms with Gasteiger partial charge in [0.25, 0.3) is 0 Å². The van der Waals surface area contributed by atoms with E-state index in [0.29, 0.717) is 0 Å². The highest BCUT2D eigenvalue weighted by atomic mass is 32.1. The molecule has 319 valence electrons. The Hall–Kier alpha value is -6.34. The highest BCUT2D eigenvalue weighted by Crippen LogP contribution is 2.51. The molecule has 0 saturated heterocycles. The lowest BCUT2D eigenvalue weighted by Gasteiger charge is -2.41. The highest BCUT2D eigenvalue weighted by molar-refractivity contribution is 7.26. The van der Waals surface area contributed by atoms with Crippen LogP contribution in [0.15, 0.2) is 138 Å². The van der Waals surface area contributed by atoms with Gasteiger partial charge in [0.2, 0.25) is 0 Å². The van der Waals surface area contributed by atoms with Crippen LogP contribution in [-0.4, -0.2) is 11.8 Å². The molecule has 3 nitrogen and oxygen atoms in total. The van der Waals surface area contributed by atoms with Crippen LogP contribution >= 0.6 is 22.7 Å². The van der Waals surface area contributed by atoms with Crippen molar-refractivity contribution in [3.05, 3.63) is 150 Å². The summed E-state index contributed by atoms with van der Waals surface area (Å²) in [5.74, 6) is 0. The molecule has 1 aliphatic carbocycles. The highest BCUT2D eigenvalue weighted by Gasteiger charge is 2.38. The van der Waals surface area contributed by atoms with Gasteiger partial charge in [-0.1, -0.05) is 115 Å². The SMILES string of the molecule is CC(C)(C)c1ccc(Nc2cc3sc4cc5c(cc4c3cc2-c2ccc3c4c6c(ccc4n4c3c2[B]c2cc3sc7ccccc7c3cc2-4)oc2ccccc26)C(C)(C)CCC5(C)C)cc1. The molecule has 5 heterocycles. The Kier molecular flexibility index (Phi) is 7.77. The number of fused-ring (bicyclic) bond motifs is 16. The van der Waals surface area contributed by atoms with Crippen LogP contribution in [0.2, 0.25) is 0 Å². The van der Waals surface area contributed by atoms with Crippen LogP contribution in [-0.2, 0) is 16.2 Å². The normalized spacial score (nSPS) is 15.4. The molecule has 14 rings (SSSR count). The number of hydrogen-bond acceptors (Lipinski definition) is 4. The number of benzene rings is 8. The van der Waals surface area contributed by atoms with Gasteiger partial charge in [0, 0.05) is 90.0 Å². The van der Waals surface area contributed by atoms with Crippen molar-refractivity contribution in [2.45, 2.75) is 77.6 Å². The summed E-state index contributed by atoms with van der Waals surface area (Å²) in [5, 5.41) is 14.1. The van der Waals surface area contributed by atoms with E-state index in [1.165, 1.54) is 125 Å². The number of rotatable bonds is 3. The van der Waals surface area contributed by atoms with Crippen LogP contribution in [0.3, 0.4) is 0 Å². The topological polar surface area (TPSA) is 30.1 Å². The molecule has 1 aliphatic heterocycles. The lowest BCUT2D eigenvalue weighted by Crippen LogP contribution is -2.37. The Morgan fingerprint density at radius 2 is 1.26 bits per heavy atom. The molecule has 1 N–H and O–H groups in total. The Bertz CT molecular complexity index is 4090. The zero-order chi connectivity index (χ0) is 44.6. The van der Waals surface area contributed by atoms with E-state index in [0.717, 1.165) is 27.9 Å². The van der Waals surface area contributed by atoms with Gasteiger partial charge < -0.3 is 14.3 Å². The summed E-state index contributed by atoms with van der Waals surface area (Å²) in [6.07, 6.45) is 2.39. The monoisotopic (exact) mass is 887 g/mol. The van der Waals surface area contributed by atoms with E-state index >= 15 is 0 Å². The molecule has 1 radical (unpaired) electrons. The van der Waals surface area contributed by atoms with Crippen molar-refractivity contribution in [2.75, 3.05) is 5.32 Å². The Morgan fingerprint density at radius 3 is 2.06 bits per heavy atom. The predicted molar refractivity (Wildman–Crippen MR) is 288 cm³/mol. The molecule has 0 unspecified atom stereocenters. The van der Waals surface area contributed by atoms with Crippen LogP contribution in [0, 0.1) is 0 Å². The third kappa shape index (κ3) is 5.43. The van der Waals surface area contributed by atoms with Gasteiger partial charge in [0.15, 0.2) is 7.28 Å². The maximum Gasteiger partial charge on any atom is 0.197 e. The van der Waals surface area contributed by atoms with E-state index in [9.17, 15) is 0 Å². The van der Waals surface area contributed by atoms with Crippen LogP contribution < -0.4 is 16.2 Å². The van der Waals surface area contributed by atoms with E-state index in [1.54, 1.807) is 0 Å². The molecule has 8 aromatic carbocycles. The molecule has 6 heteroatoms. The van der Waals surface area contributed by atoms with Crippen LogP contribution in [0.1, 0.15) is 78.0 Å². The smallest absolute Gasteiger partial charge is 0.197 e. The summed E-state index contributed by atoms with van der Waals surface area (Å²) in [5.41, 5.74) is 17.3. The molecule has 0 amide bonds. The van der Waals surface area contributed by atoms with E-state index in [-0.39, 0.29) is 16.2 Å². The largest absolute Gasteiger partial charge is 0.456 e. The molecule has 4 aromatic heterocycles. The van der Waals surface area contributed by atoms with Crippen molar-refractivity contribution in [1.82, 2.24) is 4.57 Å². The summed E-state index contributed by atoms with van der Waals surface area (Å²) in [7, 11) is 2.49. The zero-order valence-corrected chi connectivity index (χ0v) is 40.0. The van der Waals surface area contributed by atoms with Gasteiger partial charge in [-0.15, -0.1) is 22.7 Å². The van der Waals surface area contributed by atoms with Crippen molar-refractivity contribution in [3.63, 3.8) is 0 Å². The standard InChI is InChI=1S/C60H48BN2OS2/c1-58(2,3)32-16-18-33(19-17-32)62-45-31-53-39(40-27-42-43(29-51(40)66-53)60(6,7)25-24-59(42,4)5)26-38(45)35-20-21-37-54-46(22-23-49-55(54)36-13-8-10-14-48(36)64-49)63-47-28-41-34-12-9-11-15-50(34)65-52(41)30-44(47)61-56(35)57(37)63/h8-23,26-31,62H,24-25H2,1-7H3. The minimum Gasteiger partial charge on any atom is -0.456 e. The molecule has 0 fully saturated rings. The van der Waals surface area contributed by atoms with Crippen molar-refractivity contribution >= 4 is 136 Å². The molecule has 66 heavy (non-hydrogen) atoms. The predicted octanol–water partition coefficient (Wildman–Crippen LogP) is 16.4. The maximum absolute atomic E-state index is 6.56. The Balaban J connectivity index is 1.08. The van der Waals surface area contributed by atoms with E-state index in [4.69, 9.17) is 4.42 Å². The summed E-state index contributed by atoms with van der Waals surface area (Å²) < 4.78 is 14.4. The Morgan fingerprint density at radius 1 is 0.576 bits per heavy atom. The van der Waals surface area contributed by atoms with E-state index in [2.05, 4.69) is 199 Å². The van der Waals surface area contributed by atoms with Gasteiger partial charge in [-0.3, -0.25) is 0 Å². The first-order valence-electron chi connectivity index (χ1n) is 23.4. The average molecular weight is 888 g/mol. The van der Waals surface area contributed by atoms with Gasteiger partial charge in [0.1, 0.15) is 11.2 Å². The molecule has 0 spiro atoms.